The van der Waals surface area contributed by atoms with Crippen LogP contribution >= 0.6 is 0 Å². The van der Waals surface area contributed by atoms with Crippen LogP contribution in [-0.4, -0.2) is 85.7 Å². The van der Waals surface area contributed by atoms with Crippen LogP contribution in [0.3, 0.4) is 0 Å². The second-order valence-corrected chi connectivity index (χ2v) is 18.1. The predicted molar refractivity (Wildman–Crippen MR) is 206 cm³/mol. The quantitative estimate of drug-likeness (QED) is 0.0647. The Hall–Kier alpha value is -4.58. The zero-order valence-corrected chi connectivity index (χ0v) is 32.4. The van der Waals surface area contributed by atoms with Gasteiger partial charge in [-0.15, -0.1) is 0 Å². The average Bonchev–Trinajstić information content (AvgIpc) is 3.58. The van der Waals surface area contributed by atoms with E-state index in [1.807, 2.05) is 17.0 Å². The van der Waals surface area contributed by atoms with E-state index in [9.17, 15) is 19.5 Å². The van der Waals surface area contributed by atoms with Crippen LogP contribution in [0.5, 0.6) is 0 Å². The summed E-state index contributed by atoms with van der Waals surface area (Å²) in [5.41, 5.74) is 0.489. The summed E-state index contributed by atoms with van der Waals surface area (Å²) in [4.78, 5) is 45.0. The van der Waals surface area contributed by atoms with Crippen LogP contribution in [0.2, 0.25) is 5.04 Å². The van der Waals surface area contributed by atoms with Crippen molar-refractivity contribution < 1.29 is 33.4 Å². The minimum atomic E-state index is -2.72. The molecule has 52 heavy (non-hydrogen) atoms. The molecule has 10 nitrogen and oxygen atoms in total. The van der Waals surface area contributed by atoms with Crippen LogP contribution in [-0.2, 0) is 20.4 Å². The number of esters is 1. The van der Waals surface area contributed by atoms with Gasteiger partial charge in [-0.25, -0.2) is 14.6 Å². The number of imidazole rings is 1. The fourth-order valence-corrected chi connectivity index (χ4v) is 11.1. The zero-order chi connectivity index (χ0) is 37.7. The lowest BCUT2D eigenvalue weighted by molar-refractivity contribution is 0.0600. The number of hydrogen-bond donors (Lipinski definition) is 1. The average molecular weight is 728 g/mol. The fraction of sp³-hybridized carbons (Fsp3) is 0.415. The highest BCUT2D eigenvalue weighted by molar-refractivity contribution is 6.99. The molecule has 0 unspecified atom stereocenters. The highest BCUT2D eigenvalue weighted by Gasteiger charge is 2.50. The molecule has 0 saturated heterocycles. The molecule has 3 aromatic carbocycles. The second-order valence-electron chi connectivity index (χ2n) is 13.8. The Morgan fingerprint density at radius 3 is 1.96 bits per heavy atom. The smallest absolute Gasteiger partial charge is 0.337 e. The summed E-state index contributed by atoms with van der Waals surface area (Å²) in [6, 6.07) is 25.2. The Bertz CT molecular complexity index is 1720. The Labute approximate surface area is 308 Å². The van der Waals surface area contributed by atoms with Crippen LogP contribution in [0.4, 0.5) is 0 Å². The van der Waals surface area contributed by atoms with Gasteiger partial charge in [0.05, 0.1) is 38.1 Å². The molecule has 1 N–H and O–H groups in total. The maximum atomic E-state index is 13.8. The van der Waals surface area contributed by atoms with E-state index in [4.69, 9.17) is 18.9 Å². The first kappa shape index (κ1) is 40.2. The molecule has 0 bridgehead atoms. The number of ether oxygens (including phenoxy) is 2. The number of carboxylic acids is 1. The van der Waals surface area contributed by atoms with E-state index in [0.29, 0.717) is 38.7 Å². The van der Waals surface area contributed by atoms with E-state index in [-0.39, 0.29) is 39.9 Å². The normalized spacial score (nSPS) is 11.7. The van der Waals surface area contributed by atoms with Crippen LogP contribution in [0, 0.1) is 0 Å². The van der Waals surface area contributed by atoms with Crippen LogP contribution in [0.1, 0.15) is 91.5 Å². The van der Waals surface area contributed by atoms with E-state index in [0.717, 1.165) is 25.7 Å². The van der Waals surface area contributed by atoms with Crippen molar-refractivity contribution in [2.75, 3.05) is 40.0 Å². The van der Waals surface area contributed by atoms with Crippen molar-refractivity contribution in [1.82, 2.24) is 14.5 Å². The SMILES string of the molecule is CCCCN(CCCC)C(=O)c1cn(CCOCCO[Si](c2ccccc2)(c2ccccc2)C(C)(C)C)c(-c2ccc(C(=O)OC)cc2C(=O)O)n1. The minimum Gasteiger partial charge on any atom is -0.478 e. The molecule has 0 aliphatic rings. The summed E-state index contributed by atoms with van der Waals surface area (Å²) in [5, 5.41) is 12.4. The molecule has 0 fully saturated rings. The molecule has 1 amide bonds. The molecule has 11 heteroatoms. The van der Waals surface area contributed by atoms with Crippen LogP contribution in [0.25, 0.3) is 11.4 Å². The number of carbonyl (C=O) groups excluding carboxylic acids is 2. The van der Waals surface area contributed by atoms with Gasteiger partial charge in [0.2, 0.25) is 0 Å². The van der Waals surface area contributed by atoms with Gasteiger partial charge in [-0.3, -0.25) is 4.79 Å². The maximum absolute atomic E-state index is 13.8. The first-order valence-corrected chi connectivity index (χ1v) is 20.0. The number of amides is 1. The molecule has 278 valence electrons. The molecular weight excluding hydrogens is 675 g/mol. The van der Waals surface area contributed by atoms with Gasteiger partial charge >= 0.3 is 11.9 Å². The summed E-state index contributed by atoms with van der Waals surface area (Å²) in [6.07, 6.45) is 5.29. The molecule has 0 atom stereocenters. The van der Waals surface area contributed by atoms with Crippen molar-refractivity contribution in [3.05, 3.63) is 102 Å². The standard InChI is InChI=1S/C41H53N3O7Si/c1-7-9-23-43(24-10-8-2)38(45)36-30-44(37(42-36)34-22-21-31(40(48)49-6)29-35(34)39(46)47)25-26-50-27-28-51-52(41(3,4)5,32-17-13-11-14-18-32)33-19-15-12-16-20-33/h11-22,29-30H,7-10,23-28H2,1-6H3,(H,46,47). The van der Waals surface area contributed by atoms with Crippen molar-refractivity contribution in [2.24, 2.45) is 0 Å². The van der Waals surface area contributed by atoms with Gasteiger partial charge in [0, 0.05) is 31.4 Å². The number of hydrogen-bond acceptors (Lipinski definition) is 7. The summed E-state index contributed by atoms with van der Waals surface area (Å²) in [6.45, 7) is 13.3. The largest absolute Gasteiger partial charge is 0.478 e. The summed E-state index contributed by atoms with van der Waals surface area (Å²) in [7, 11) is -1.48. The summed E-state index contributed by atoms with van der Waals surface area (Å²) < 4.78 is 19.7. The Kier molecular flexibility index (Phi) is 14.5. The number of benzene rings is 3. The number of rotatable bonds is 19. The number of aromatic carboxylic acids is 1. The maximum Gasteiger partial charge on any atom is 0.337 e. The number of carboxylic acid groups (broad SMARTS) is 1. The van der Waals surface area contributed by atoms with Gasteiger partial charge in [-0.1, -0.05) is 108 Å². The van der Waals surface area contributed by atoms with Gasteiger partial charge < -0.3 is 28.5 Å². The van der Waals surface area contributed by atoms with E-state index in [1.165, 1.54) is 35.7 Å². The lowest BCUT2D eigenvalue weighted by atomic mass is 10.0. The number of unbranched alkanes of at least 4 members (excludes halogenated alkanes) is 2. The number of aromatic nitrogens is 2. The highest BCUT2D eigenvalue weighted by Crippen LogP contribution is 2.36. The number of methoxy groups -OCH3 is 1. The van der Waals surface area contributed by atoms with Crippen molar-refractivity contribution >= 4 is 36.5 Å². The molecule has 4 aromatic rings. The first-order chi connectivity index (χ1) is 25.0. The van der Waals surface area contributed by atoms with E-state index < -0.39 is 20.3 Å². The van der Waals surface area contributed by atoms with Gasteiger partial charge in [0.15, 0.2) is 0 Å². The molecule has 4 rings (SSSR count). The number of nitrogens with zero attached hydrogens (tertiary/aromatic N) is 3. The monoisotopic (exact) mass is 727 g/mol. The fourth-order valence-electron chi connectivity index (χ4n) is 6.52. The summed E-state index contributed by atoms with van der Waals surface area (Å²) >= 11 is 0. The van der Waals surface area contributed by atoms with E-state index >= 15 is 0 Å². The number of carbonyl (C=O) groups is 3. The predicted octanol–water partition coefficient (Wildman–Crippen LogP) is 6.67. The lowest BCUT2D eigenvalue weighted by Gasteiger charge is -2.43. The molecular formula is C41H53N3O7Si. The molecule has 0 aliphatic carbocycles. The third kappa shape index (κ3) is 9.44. The van der Waals surface area contributed by atoms with Crippen molar-refractivity contribution in [1.29, 1.82) is 0 Å². The second kappa shape index (κ2) is 18.8. The third-order valence-electron chi connectivity index (χ3n) is 9.20. The minimum absolute atomic E-state index is 0.104. The van der Waals surface area contributed by atoms with Crippen molar-refractivity contribution in [3.8, 4) is 11.4 Å². The summed E-state index contributed by atoms with van der Waals surface area (Å²) in [5.74, 6) is -1.78. The Morgan fingerprint density at radius 1 is 0.846 bits per heavy atom. The van der Waals surface area contributed by atoms with E-state index in [1.54, 1.807) is 10.8 Å². The van der Waals surface area contributed by atoms with Gasteiger partial charge in [-0.05, 0) is 46.5 Å². The molecule has 0 radical (unpaired) electrons. The Morgan fingerprint density at radius 2 is 1.44 bits per heavy atom. The van der Waals surface area contributed by atoms with Crippen LogP contribution in [0.15, 0.2) is 85.1 Å². The zero-order valence-electron chi connectivity index (χ0n) is 31.4. The molecule has 1 aromatic heterocycles. The third-order valence-corrected chi connectivity index (χ3v) is 14.2. The van der Waals surface area contributed by atoms with Crippen LogP contribution < -0.4 is 10.4 Å². The molecule has 0 saturated carbocycles. The molecule has 0 spiro atoms. The van der Waals surface area contributed by atoms with Crippen molar-refractivity contribution in [2.45, 2.75) is 71.9 Å². The van der Waals surface area contributed by atoms with Crippen molar-refractivity contribution in [3.63, 3.8) is 0 Å². The lowest BCUT2D eigenvalue weighted by Crippen LogP contribution is -2.66. The van der Waals surface area contributed by atoms with Gasteiger partial charge in [0.25, 0.3) is 14.2 Å². The first-order valence-electron chi connectivity index (χ1n) is 18.1. The molecule has 1 heterocycles. The molecule has 0 aliphatic heterocycles. The Balaban J connectivity index is 1.59. The van der Waals surface area contributed by atoms with Gasteiger partial charge in [-0.2, -0.15) is 0 Å². The highest BCUT2D eigenvalue weighted by atomic mass is 28.4. The topological polar surface area (TPSA) is 120 Å². The van der Waals surface area contributed by atoms with Gasteiger partial charge in [0.1, 0.15) is 11.5 Å². The van der Waals surface area contributed by atoms with E-state index in [2.05, 4.69) is 83.1 Å².